The predicted octanol–water partition coefficient (Wildman–Crippen LogP) is 0.673. The van der Waals surface area contributed by atoms with Crippen molar-refractivity contribution in [2.45, 2.75) is 5.92 Å². The molecule has 0 heterocycles. The van der Waals surface area contributed by atoms with Crippen molar-refractivity contribution >= 4 is 12.0 Å². The Bertz CT molecular complexity index is 412. The number of carbonyl (C=O) groups excluding carboxylic acids is 1. The first-order valence-electron chi connectivity index (χ1n) is 4.24. The van der Waals surface area contributed by atoms with E-state index in [9.17, 15) is 9.90 Å². The summed E-state index contributed by atoms with van der Waals surface area (Å²) < 4.78 is 0. The van der Waals surface area contributed by atoms with Crippen molar-refractivity contribution in [1.82, 2.24) is 5.43 Å². The largest absolute Gasteiger partial charge is 0.511 e. The molecule has 1 unspecified atom stereocenters. The van der Waals surface area contributed by atoms with Crippen LogP contribution in [0.15, 0.2) is 30.0 Å². The monoisotopic (exact) mass is 190 g/mol. The van der Waals surface area contributed by atoms with Crippen LogP contribution in [-0.4, -0.2) is 11.0 Å². The van der Waals surface area contributed by atoms with Crippen LogP contribution in [0, 0.1) is 0 Å². The third-order valence-corrected chi connectivity index (χ3v) is 2.31. The van der Waals surface area contributed by atoms with E-state index in [1.54, 1.807) is 12.1 Å². The molecule has 1 aliphatic rings. The Kier molecular flexibility index (Phi) is 1.98. The maximum Gasteiger partial charge on any atom is 0.249 e. The smallest absolute Gasteiger partial charge is 0.249 e. The first-order chi connectivity index (χ1) is 6.74. The maximum atomic E-state index is 11.4. The van der Waals surface area contributed by atoms with E-state index in [-0.39, 0.29) is 5.76 Å². The van der Waals surface area contributed by atoms with Crippen LogP contribution in [0.5, 0.6) is 0 Å². The average molecular weight is 190 g/mol. The number of hydrogen-bond donors (Lipinski definition) is 3. The molecular weight excluding hydrogens is 180 g/mol. The van der Waals surface area contributed by atoms with E-state index >= 15 is 0 Å². The van der Waals surface area contributed by atoms with Crippen molar-refractivity contribution in [3.05, 3.63) is 41.2 Å². The van der Waals surface area contributed by atoms with Crippen molar-refractivity contribution < 1.29 is 9.90 Å². The lowest BCUT2D eigenvalue weighted by atomic mass is 9.99. The zero-order chi connectivity index (χ0) is 10.1. The molecule has 4 heteroatoms. The van der Waals surface area contributed by atoms with Crippen molar-refractivity contribution in [1.29, 1.82) is 0 Å². The van der Waals surface area contributed by atoms with Gasteiger partial charge in [-0.05, 0) is 17.2 Å². The molecule has 0 bridgehead atoms. The summed E-state index contributed by atoms with van der Waals surface area (Å²) in [4.78, 5) is 11.4. The fourth-order valence-electron chi connectivity index (χ4n) is 1.67. The van der Waals surface area contributed by atoms with E-state index in [1.807, 2.05) is 23.6 Å². The number of aliphatic hydroxyl groups excluding tert-OH is 1. The van der Waals surface area contributed by atoms with Crippen molar-refractivity contribution in [2.75, 3.05) is 0 Å². The highest BCUT2D eigenvalue weighted by molar-refractivity contribution is 5.91. The van der Waals surface area contributed by atoms with Crippen LogP contribution in [0.3, 0.4) is 0 Å². The molecule has 0 fully saturated rings. The normalized spacial score (nSPS) is 18.6. The molecule has 4 nitrogen and oxygen atoms in total. The molecule has 14 heavy (non-hydrogen) atoms. The number of nitrogens with one attached hydrogen (secondary N) is 1. The molecule has 1 aromatic rings. The van der Waals surface area contributed by atoms with Gasteiger partial charge < -0.3 is 5.11 Å². The van der Waals surface area contributed by atoms with Crippen LogP contribution < -0.4 is 11.3 Å². The van der Waals surface area contributed by atoms with Gasteiger partial charge in [-0.1, -0.05) is 24.3 Å². The zero-order valence-electron chi connectivity index (χ0n) is 7.40. The molecule has 2 rings (SSSR count). The van der Waals surface area contributed by atoms with Crippen LogP contribution in [0.25, 0.3) is 6.08 Å². The molecule has 0 aliphatic heterocycles. The Morgan fingerprint density at radius 3 is 2.86 bits per heavy atom. The summed E-state index contributed by atoms with van der Waals surface area (Å²) in [5.41, 5.74) is 3.68. The van der Waals surface area contributed by atoms with Gasteiger partial charge in [0, 0.05) is 0 Å². The van der Waals surface area contributed by atoms with E-state index in [0.717, 1.165) is 11.1 Å². The van der Waals surface area contributed by atoms with Gasteiger partial charge in [0.25, 0.3) is 0 Å². The van der Waals surface area contributed by atoms with Gasteiger partial charge in [-0.25, -0.2) is 5.84 Å². The second-order valence-electron chi connectivity index (χ2n) is 3.14. The molecule has 0 saturated heterocycles. The maximum absolute atomic E-state index is 11.4. The lowest BCUT2D eigenvalue weighted by molar-refractivity contribution is -0.122. The standard InChI is InChI=1S/C10H10N2O2/c11-12-10(14)9-7-4-2-1-3-6(7)5-8(9)13/h1-5,9,13H,11H2,(H,12,14). The van der Waals surface area contributed by atoms with Gasteiger partial charge >= 0.3 is 0 Å². The summed E-state index contributed by atoms with van der Waals surface area (Å²) >= 11 is 0. The molecule has 1 amide bonds. The average Bonchev–Trinajstić information content (AvgIpc) is 2.53. The molecule has 0 spiro atoms. The fraction of sp³-hybridized carbons (Fsp3) is 0.100. The van der Waals surface area contributed by atoms with Crippen LogP contribution in [0.2, 0.25) is 0 Å². The second-order valence-corrected chi connectivity index (χ2v) is 3.14. The molecular formula is C10H10N2O2. The number of nitrogens with two attached hydrogens (primary N) is 1. The number of hydrazine groups is 1. The van der Waals surface area contributed by atoms with E-state index in [1.165, 1.54) is 0 Å². The minimum atomic E-state index is -0.656. The SMILES string of the molecule is NNC(=O)C1C(O)=Cc2ccccc21. The number of hydrogen-bond acceptors (Lipinski definition) is 3. The minimum absolute atomic E-state index is 0.0363. The third kappa shape index (κ3) is 1.16. The van der Waals surface area contributed by atoms with Gasteiger partial charge in [-0.3, -0.25) is 10.2 Å². The molecule has 1 aliphatic carbocycles. The van der Waals surface area contributed by atoms with Crippen LogP contribution in [0.1, 0.15) is 17.0 Å². The Hall–Kier alpha value is -1.81. The first kappa shape index (κ1) is 8.77. The molecule has 0 aromatic heterocycles. The summed E-state index contributed by atoms with van der Waals surface area (Å²) in [6.07, 6.45) is 1.58. The number of amides is 1. The van der Waals surface area contributed by atoms with Gasteiger partial charge in [0.2, 0.25) is 5.91 Å². The highest BCUT2D eigenvalue weighted by Gasteiger charge is 2.30. The summed E-state index contributed by atoms with van der Waals surface area (Å²) in [6, 6.07) is 7.32. The van der Waals surface area contributed by atoms with Gasteiger partial charge in [0.05, 0.1) is 0 Å². The Morgan fingerprint density at radius 1 is 1.43 bits per heavy atom. The second kappa shape index (κ2) is 3.16. The summed E-state index contributed by atoms with van der Waals surface area (Å²) in [7, 11) is 0. The summed E-state index contributed by atoms with van der Waals surface area (Å²) in [5, 5.41) is 9.56. The van der Waals surface area contributed by atoms with Crippen LogP contribution >= 0.6 is 0 Å². The summed E-state index contributed by atoms with van der Waals surface area (Å²) in [5.74, 6) is 4.01. The van der Waals surface area contributed by atoms with Crippen LogP contribution in [0.4, 0.5) is 0 Å². The number of aliphatic hydroxyl groups is 1. The topological polar surface area (TPSA) is 75.3 Å². The number of fused-ring (bicyclic) bond motifs is 1. The van der Waals surface area contributed by atoms with Gasteiger partial charge in [0.1, 0.15) is 11.7 Å². The number of rotatable bonds is 1. The van der Waals surface area contributed by atoms with Crippen molar-refractivity contribution in [2.24, 2.45) is 5.84 Å². The van der Waals surface area contributed by atoms with Crippen LogP contribution in [-0.2, 0) is 4.79 Å². The predicted molar refractivity (Wildman–Crippen MR) is 52.1 cm³/mol. The van der Waals surface area contributed by atoms with E-state index < -0.39 is 11.8 Å². The van der Waals surface area contributed by atoms with Crippen molar-refractivity contribution in [3.8, 4) is 0 Å². The fourth-order valence-corrected chi connectivity index (χ4v) is 1.67. The van der Waals surface area contributed by atoms with Crippen molar-refractivity contribution in [3.63, 3.8) is 0 Å². The first-order valence-corrected chi connectivity index (χ1v) is 4.24. The molecule has 0 saturated carbocycles. The Labute approximate surface area is 81.0 Å². The van der Waals surface area contributed by atoms with Gasteiger partial charge in [-0.2, -0.15) is 0 Å². The molecule has 1 aromatic carbocycles. The third-order valence-electron chi connectivity index (χ3n) is 2.31. The molecule has 1 atom stereocenters. The highest BCUT2D eigenvalue weighted by Crippen LogP contribution is 2.34. The molecule has 4 N–H and O–H groups in total. The molecule has 0 radical (unpaired) electrons. The van der Waals surface area contributed by atoms with E-state index in [4.69, 9.17) is 5.84 Å². The Balaban J connectivity index is 2.46. The Morgan fingerprint density at radius 2 is 2.14 bits per heavy atom. The lowest BCUT2D eigenvalue weighted by Gasteiger charge is -2.10. The van der Waals surface area contributed by atoms with E-state index in [0.29, 0.717) is 0 Å². The van der Waals surface area contributed by atoms with E-state index in [2.05, 4.69) is 0 Å². The summed E-state index contributed by atoms with van der Waals surface area (Å²) in [6.45, 7) is 0. The van der Waals surface area contributed by atoms with Gasteiger partial charge in [-0.15, -0.1) is 0 Å². The van der Waals surface area contributed by atoms with Gasteiger partial charge in [0.15, 0.2) is 0 Å². The number of carbonyl (C=O) groups is 1. The molecule has 72 valence electrons. The minimum Gasteiger partial charge on any atom is -0.511 e. The highest BCUT2D eigenvalue weighted by atomic mass is 16.3. The quantitative estimate of drug-likeness (QED) is 0.346. The zero-order valence-corrected chi connectivity index (χ0v) is 7.40. The number of benzene rings is 1. The lowest BCUT2D eigenvalue weighted by Crippen LogP contribution is -2.34.